The fourth-order valence-electron chi connectivity index (χ4n) is 0.693. The van der Waals surface area contributed by atoms with Gasteiger partial charge < -0.3 is 0 Å². The van der Waals surface area contributed by atoms with Crippen LogP contribution in [0, 0.1) is 30.2 Å². The predicted molar refractivity (Wildman–Crippen MR) is 47.0 cm³/mol. The highest BCUT2D eigenvalue weighted by molar-refractivity contribution is 5.20. The van der Waals surface area contributed by atoms with Gasteiger partial charge in [-0.3, -0.25) is 0 Å². The highest BCUT2D eigenvalue weighted by atomic mass is 19.2. The molecule has 0 atom stereocenters. The second kappa shape index (κ2) is 5.62. The molecule has 0 saturated heterocycles. The molecule has 0 amide bonds. The van der Waals surface area contributed by atoms with E-state index in [-0.39, 0.29) is 6.07 Å². The Morgan fingerprint density at radius 3 is 1.50 bits per heavy atom. The van der Waals surface area contributed by atoms with Crippen LogP contribution in [0.2, 0.25) is 0 Å². The zero-order valence-electron chi connectivity index (χ0n) is 8.30. The fraction of sp³-hybridized carbons (Fsp3) is 0.400. The zero-order valence-corrected chi connectivity index (χ0v) is 8.30. The van der Waals surface area contributed by atoms with Crippen molar-refractivity contribution < 1.29 is 17.6 Å². The monoisotopic (exact) mass is 208 g/mol. The highest BCUT2D eigenvalue weighted by Gasteiger charge is 2.14. The molecule has 4 heteroatoms. The van der Waals surface area contributed by atoms with Crippen LogP contribution in [0.25, 0.3) is 0 Å². The molecule has 0 spiro atoms. The molecule has 0 fully saturated rings. The summed E-state index contributed by atoms with van der Waals surface area (Å²) in [5.41, 5.74) is -0.637. The third-order valence-electron chi connectivity index (χ3n) is 1.33. The van der Waals surface area contributed by atoms with Crippen molar-refractivity contribution in [2.45, 2.75) is 27.2 Å². The van der Waals surface area contributed by atoms with E-state index in [0.717, 1.165) is 6.92 Å². The van der Waals surface area contributed by atoms with Crippen LogP contribution >= 0.6 is 0 Å². The summed E-state index contributed by atoms with van der Waals surface area (Å²) in [5.74, 6) is -5.43. The maximum absolute atomic E-state index is 12.4. The predicted octanol–water partition coefficient (Wildman–Crippen LogP) is 3.97. The van der Waals surface area contributed by atoms with Crippen molar-refractivity contribution in [2.75, 3.05) is 0 Å². The van der Waals surface area contributed by atoms with Gasteiger partial charge in [-0.2, -0.15) is 0 Å². The minimum absolute atomic E-state index is 0.178. The average molecular weight is 208 g/mol. The second-order valence-electron chi connectivity index (χ2n) is 2.80. The molecule has 0 bridgehead atoms. The fourth-order valence-corrected chi connectivity index (χ4v) is 0.693. The van der Waals surface area contributed by atoms with Crippen LogP contribution in [-0.2, 0) is 0 Å². The van der Waals surface area contributed by atoms with Crippen LogP contribution in [0.1, 0.15) is 25.8 Å². The van der Waals surface area contributed by atoms with Crippen molar-refractivity contribution in [1.82, 2.24) is 0 Å². The molecular weight excluding hydrogens is 196 g/mol. The van der Waals surface area contributed by atoms with Crippen LogP contribution in [0.15, 0.2) is 6.07 Å². The summed E-state index contributed by atoms with van der Waals surface area (Å²) in [4.78, 5) is 0. The Labute approximate surface area is 80.6 Å². The van der Waals surface area contributed by atoms with Crippen molar-refractivity contribution in [1.29, 1.82) is 0 Å². The molecule has 0 unspecified atom stereocenters. The second-order valence-corrected chi connectivity index (χ2v) is 2.80. The molecule has 0 heterocycles. The molecule has 1 aromatic carbocycles. The van der Waals surface area contributed by atoms with E-state index >= 15 is 0 Å². The lowest BCUT2D eigenvalue weighted by Crippen LogP contribution is -1.97. The van der Waals surface area contributed by atoms with E-state index in [1.54, 1.807) is 0 Å². The first-order chi connectivity index (χ1) is 6.45. The molecule has 0 aliphatic heterocycles. The van der Waals surface area contributed by atoms with Crippen LogP contribution in [0.4, 0.5) is 17.6 Å². The summed E-state index contributed by atoms with van der Waals surface area (Å²) in [6.07, 6.45) is 1.25. The Morgan fingerprint density at radius 1 is 0.929 bits per heavy atom. The van der Waals surface area contributed by atoms with E-state index < -0.39 is 28.8 Å². The van der Waals surface area contributed by atoms with Gasteiger partial charge in [0, 0.05) is 11.6 Å². The van der Waals surface area contributed by atoms with E-state index in [4.69, 9.17) is 0 Å². The average Bonchev–Trinajstić information content (AvgIpc) is 2.13. The van der Waals surface area contributed by atoms with Gasteiger partial charge in [-0.15, -0.1) is 0 Å². The molecule has 80 valence electrons. The van der Waals surface area contributed by atoms with Crippen LogP contribution in [-0.4, -0.2) is 0 Å². The molecule has 1 rings (SSSR count). The molecule has 0 aromatic heterocycles. The van der Waals surface area contributed by atoms with E-state index in [2.05, 4.69) is 13.8 Å². The first-order valence-corrected chi connectivity index (χ1v) is 4.25. The minimum Gasteiger partial charge on any atom is -0.204 e. The van der Waals surface area contributed by atoms with E-state index in [0.29, 0.717) is 0 Å². The van der Waals surface area contributed by atoms with Gasteiger partial charge in [0.1, 0.15) is 0 Å². The molecule has 0 N–H and O–H groups in total. The molecule has 0 aliphatic rings. The van der Waals surface area contributed by atoms with Crippen molar-refractivity contribution in [3.05, 3.63) is 34.9 Å². The Bertz CT molecular complexity index is 281. The van der Waals surface area contributed by atoms with Crippen LogP contribution in [0.5, 0.6) is 0 Å². The molecule has 14 heavy (non-hydrogen) atoms. The van der Waals surface area contributed by atoms with Gasteiger partial charge in [-0.05, 0) is 6.92 Å². The summed E-state index contributed by atoms with van der Waals surface area (Å²) < 4.78 is 49.3. The van der Waals surface area contributed by atoms with Crippen molar-refractivity contribution in [3.8, 4) is 0 Å². The summed E-state index contributed by atoms with van der Waals surface area (Å²) >= 11 is 0. The number of hydrogen-bond acceptors (Lipinski definition) is 0. The topological polar surface area (TPSA) is 0 Å². The molecular formula is C10H12F4. The molecule has 1 aromatic rings. The quantitative estimate of drug-likeness (QED) is 0.447. The van der Waals surface area contributed by atoms with Crippen molar-refractivity contribution in [2.24, 2.45) is 0 Å². The van der Waals surface area contributed by atoms with E-state index in [1.165, 1.54) is 6.42 Å². The third kappa shape index (κ3) is 3.01. The summed E-state index contributed by atoms with van der Waals surface area (Å²) in [6, 6.07) is 0.178. The van der Waals surface area contributed by atoms with Gasteiger partial charge in [0.15, 0.2) is 23.3 Å². The maximum Gasteiger partial charge on any atom is 0.164 e. The lowest BCUT2D eigenvalue weighted by atomic mass is 10.2. The molecule has 0 aliphatic carbocycles. The Hall–Kier alpha value is -1.06. The molecule has 0 nitrogen and oxygen atoms in total. The van der Waals surface area contributed by atoms with Crippen LogP contribution < -0.4 is 0 Å². The Morgan fingerprint density at radius 2 is 1.21 bits per heavy atom. The maximum atomic E-state index is 12.4. The van der Waals surface area contributed by atoms with E-state index in [9.17, 15) is 17.6 Å². The molecule has 0 saturated carbocycles. The number of halogens is 4. The van der Waals surface area contributed by atoms with Crippen LogP contribution in [0.3, 0.4) is 0 Å². The highest BCUT2D eigenvalue weighted by Crippen LogP contribution is 2.17. The smallest absolute Gasteiger partial charge is 0.164 e. The van der Waals surface area contributed by atoms with E-state index in [1.807, 2.05) is 0 Å². The first kappa shape index (κ1) is 12.9. The van der Waals surface area contributed by atoms with Gasteiger partial charge in [-0.1, -0.05) is 20.3 Å². The summed E-state index contributed by atoms with van der Waals surface area (Å²) in [5, 5.41) is 0. The summed E-state index contributed by atoms with van der Waals surface area (Å²) in [6.45, 7) is 5.22. The molecule has 0 radical (unpaired) electrons. The minimum atomic E-state index is -1.37. The number of hydrogen-bond donors (Lipinski definition) is 0. The van der Waals surface area contributed by atoms with Gasteiger partial charge in [0.25, 0.3) is 0 Å². The Kier molecular flexibility index (Phi) is 5.20. The largest absolute Gasteiger partial charge is 0.204 e. The van der Waals surface area contributed by atoms with Crippen molar-refractivity contribution >= 4 is 0 Å². The lowest BCUT2D eigenvalue weighted by molar-refractivity contribution is 0.445. The standard InChI is InChI=1S/C7H4F4.C3H8/c1-3-6(10)4(8)2-5(9)7(3)11;1-3-2/h2H,1H3;3H2,1-2H3. The van der Waals surface area contributed by atoms with Crippen molar-refractivity contribution in [3.63, 3.8) is 0 Å². The SMILES string of the molecule is CCC.Cc1c(F)c(F)cc(F)c1F. The number of benzene rings is 1. The number of rotatable bonds is 0. The zero-order chi connectivity index (χ0) is 11.3. The van der Waals surface area contributed by atoms with Gasteiger partial charge in [0.05, 0.1) is 0 Å². The Balaban J connectivity index is 0.000000500. The third-order valence-corrected chi connectivity index (χ3v) is 1.33. The summed E-state index contributed by atoms with van der Waals surface area (Å²) in [7, 11) is 0. The van der Waals surface area contributed by atoms with Gasteiger partial charge >= 0.3 is 0 Å². The van der Waals surface area contributed by atoms with Gasteiger partial charge in [-0.25, -0.2) is 17.6 Å². The lowest BCUT2D eigenvalue weighted by Gasteiger charge is -1.99. The first-order valence-electron chi connectivity index (χ1n) is 4.25. The normalized spacial score (nSPS) is 9.36. The van der Waals surface area contributed by atoms with Gasteiger partial charge in [0.2, 0.25) is 0 Å².